The van der Waals surface area contributed by atoms with Crippen LogP contribution in [0.3, 0.4) is 0 Å². The van der Waals surface area contributed by atoms with Crippen LogP contribution in [0.1, 0.15) is 76.5 Å². The lowest BCUT2D eigenvalue weighted by molar-refractivity contribution is 0.277. The van der Waals surface area contributed by atoms with E-state index in [0.717, 1.165) is 12.5 Å². The third-order valence-electron chi connectivity index (χ3n) is 4.61. The van der Waals surface area contributed by atoms with Gasteiger partial charge < -0.3 is 5.32 Å². The summed E-state index contributed by atoms with van der Waals surface area (Å²) in [6, 6.07) is 0.711. The Balaban J connectivity index is 1.81. The molecule has 1 aliphatic carbocycles. The van der Waals surface area contributed by atoms with Crippen molar-refractivity contribution in [1.82, 2.24) is 15.1 Å². The number of nitrogens with one attached hydrogen (secondary N) is 1. The monoisotopic (exact) mass is 277 g/mol. The molecule has 0 radical (unpaired) electrons. The van der Waals surface area contributed by atoms with E-state index >= 15 is 0 Å². The molecule has 2 rings (SSSR count). The SMILES string of the molecule is CCCC1CCC(NCc2cn(C)nc2C(C)C)CC1. The highest BCUT2D eigenvalue weighted by atomic mass is 15.3. The first kappa shape index (κ1) is 15.6. The van der Waals surface area contributed by atoms with Crippen LogP contribution in [0.25, 0.3) is 0 Å². The van der Waals surface area contributed by atoms with Crippen molar-refractivity contribution in [2.75, 3.05) is 0 Å². The van der Waals surface area contributed by atoms with Gasteiger partial charge in [0, 0.05) is 31.4 Å². The number of hydrogen-bond acceptors (Lipinski definition) is 2. The molecule has 0 unspecified atom stereocenters. The van der Waals surface area contributed by atoms with Crippen molar-refractivity contribution in [1.29, 1.82) is 0 Å². The molecule has 0 aliphatic heterocycles. The Morgan fingerprint density at radius 2 is 2.00 bits per heavy atom. The summed E-state index contributed by atoms with van der Waals surface area (Å²) in [4.78, 5) is 0. The molecular weight excluding hydrogens is 246 g/mol. The van der Waals surface area contributed by atoms with E-state index in [4.69, 9.17) is 0 Å². The van der Waals surface area contributed by atoms with E-state index in [1.807, 2.05) is 11.7 Å². The van der Waals surface area contributed by atoms with Crippen LogP contribution >= 0.6 is 0 Å². The van der Waals surface area contributed by atoms with Crippen LogP contribution in [-0.2, 0) is 13.6 Å². The van der Waals surface area contributed by atoms with Gasteiger partial charge in [0.05, 0.1) is 5.69 Å². The molecule has 20 heavy (non-hydrogen) atoms. The zero-order chi connectivity index (χ0) is 14.5. The van der Waals surface area contributed by atoms with Crippen LogP contribution in [0.4, 0.5) is 0 Å². The molecule has 0 amide bonds. The molecule has 0 bridgehead atoms. The lowest BCUT2D eigenvalue weighted by Crippen LogP contribution is -2.32. The summed E-state index contributed by atoms with van der Waals surface area (Å²) in [5.74, 6) is 1.50. The summed E-state index contributed by atoms with van der Waals surface area (Å²) >= 11 is 0. The Morgan fingerprint density at radius 1 is 1.30 bits per heavy atom. The Bertz CT molecular complexity index is 400. The standard InChI is InChI=1S/C17H31N3/c1-5-6-14-7-9-16(10-8-14)18-11-15-12-20(4)19-17(15)13(2)3/h12-14,16,18H,5-11H2,1-4H3. The molecule has 0 saturated heterocycles. The van der Waals surface area contributed by atoms with Gasteiger partial charge in [0.25, 0.3) is 0 Å². The Labute approximate surface area is 124 Å². The molecule has 1 aliphatic rings. The molecule has 1 fully saturated rings. The second kappa shape index (κ2) is 7.26. The maximum atomic E-state index is 4.59. The van der Waals surface area contributed by atoms with Crippen molar-refractivity contribution in [3.8, 4) is 0 Å². The molecule has 3 nitrogen and oxygen atoms in total. The second-order valence-electron chi connectivity index (χ2n) is 6.76. The van der Waals surface area contributed by atoms with Crippen LogP contribution in [0.15, 0.2) is 6.20 Å². The highest BCUT2D eigenvalue weighted by Crippen LogP contribution is 2.28. The summed E-state index contributed by atoms with van der Waals surface area (Å²) in [6.07, 6.45) is 10.5. The molecule has 1 heterocycles. The lowest BCUT2D eigenvalue weighted by atomic mass is 9.83. The average Bonchev–Trinajstić information content (AvgIpc) is 2.80. The van der Waals surface area contributed by atoms with Gasteiger partial charge in [-0.05, 0) is 37.5 Å². The normalized spacial score (nSPS) is 23.4. The molecule has 0 spiro atoms. The van der Waals surface area contributed by atoms with Gasteiger partial charge in [-0.1, -0.05) is 33.6 Å². The van der Waals surface area contributed by atoms with Crippen molar-refractivity contribution in [3.63, 3.8) is 0 Å². The maximum Gasteiger partial charge on any atom is 0.0694 e. The summed E-state index contributed by atoms with van der Waals surface area (Å²) in [6.45, 7) is 7.73. The van der Waals surface area contributed by atoms with E-state index < -0.39 is 0 Å². The van der Waals surface area contributed by atoms with Crippen LogP contribution in [0.2, 0.25) is 0 Å². The zero-order valence-corrected chi connectivity index (χ0v) is 13.7. The number of hydrogen-bond donors (Lipinski definition) is 1. The van der Waals surface area contributed by atoms with Crippen molar-refractivity contribution >= 4 is 0 Å². The quantitative estimate of drug-likeness (QED) is 0.852. The molecule has 0 atom stereocenters. The van der Waals surface area contributed by atoms with E-state index in [9.17, 15) is 0 Å². The average molecular weight is 277 g/mol. The highest BCUT2D eigenvalue weighted by molar-refractivity contribution is 5.20. The van der Waals surface area contributed by atoms with Crippen molar-refractivity contribution < 1.29 is 0 Å². The molecule has 3 heteroatoms. The third-order valence-corrected chi connectivity index (χ3v) is 4.61. The first-order chi connectivity index (χ1) is 9.60. The minimum atomic E-state index is 0.508. The number of aromatic nitrogens is 2. The topological polar surface area (TPSA) is 29.9 Å². The minimum Gasteiger partial charge on any atom is -0.310 e. The van der Waals surface area contributed by atoms with Crippen molar-refractivity contribution in [2.45, 2.75) is 77.8 Å². The Morgan fingerprint density at radius 3 is 2.60 bits per heavy atom. The summed E-state index contributed by atoms with van der Waals surface area (Å²) < 4.78 is 1.95. The van der Waals surface area contributed by atoms with Gasteiger partial charge in [-0.25, -0.2) is 0 Å². The third kappa shape index (κ3) is 4.08. The summed E-state index contributed by atoms with van der Waals surface area (Å²) in [5.41, 5.74) is 2.62. The van der Waals surface area contributed by atoms with Crippen molar-refractivity contribution in [2.24, 2.45) is 13.0 Å². The van der Waals surface area contributed by atoms with Gasteiger partial charge >= 0.3 is 0 Å². The Kier molecular flexibility index (Phi) is 5.64. The van der Waals surface area contributed by atoms with Gasteiger partial charge in [0.15, 0.2) is 0 Å². The predicted molar refractivity (Wildman–Crippen MR) is 84.8 cm³/mol. The first-order valence-corrected chi connectivity index (χ1v) is 8.36. The molecule has 1 saturated carbocycles. The second-order valence-corrected chi connectivity index (χ2v) is 6.76. The highest BCUT2D eigenvalue weighted by Gasteiger charge is 2.20. The van der Waals surface area contributed by atoms with E-state index in [1.165, 1.54) is 49.8 Å². The van der Waals surface area contributed by atoms with Crippen LogP contribution in [0.5, 0.6) is 0 Å². The molecule has 1 aromatic rings. The smallest absolute Gasteiger partial charge is 0.0694 e. The lowest BCUT2D eigenvalue weighted by Gasteiger charge is -2.29. The molecule has 1 N–H and O–H groups in total. The summed E-state index contributed by atoms with van der Waals surface area (Å²) in [7, 11) is 2.02. The minimum absolute atomic E-state index is 0.508. The fourth-order valence-corrected chi connectivity index (χ4v) is 3.49. The molecular formula is C17H31N3. The van der Waals surface area contributed by atoms with Crippen LogP contribution in [-0.4, -0.2) is 15.8 Å². The molecule has 0 aromatic carbocycles. The van der Waals surface area contributed by atoms with Crippen molar-refractivity contribution in [3.05, 3.63) is 17.5 Å². The zero-order valence-electron chi connectivity index (χ0n) is 13.7. The molecule has 114 valence electrons. The van der Waals surface area contributed by atoms with E-state index in [-0.39, 0.29) is 0 Å². The van der Waals surface area contributed by atoms with Crippen LogP contribution < -0.4 is 5.32 Å². The fourth-order valence-electron chi connectivity index (χ4n) is 3.49. The van der Waals surface area contributed by atoms with Gasteiger partial charge in [0.2, 0.25) is 0 Å². The number of rotatable bonds is 6. The van der Waals surface area contributed by atoms with Gasteiger partial charge in [-0.2, -0.15) is 5.10 Å². The Hall–Kier alpha value is -0.830. The van der Waals surface area contributed by atoms with Crippen LogP contribution in [0, 0.1) is 5.92 Å². The number of aryl methyl sites for hydroxylation is 1. The molecule has 1 aromatic heterocycles. The summed E-state index contributed by atoms with van der Waals surface area (Å²) in [5, 5.41) is 8.34. The maximum absolute atomic E-state index is 4.59. The van der Waals surface area contributed by atoms with E-state index in [1.54, 1.807) is 0 Å². The van der Waals surface area contributed by atoms with Gasteiger partial charge in [-0.15, -0.1) is 0 Å². The number of nitrogens with zero attached hydrogens (tertiary/aromatic N) is 2. The van der Waals surface area contributed by atoms with E-state index in [2.05, 4.69) is 37.4 Å². The first-order valence-electron chi connectivity index (χ1n) is 8.36. The van der Waals surface area contributed by atoms with Gasteiger partial charge in [0.1, 0.15) is 0 Å². The fraction of sp³-hybridized carbons (Fsp3) is 0.824. The van der Waals surface area contributed by atoms with E-state index in [0.29, 0.717) is 12.0 Å². The predicted octanol–water partition coefficient (Wildman–Crippen LogP) is 3.99. The largest absolute Gasteiger partial charge is 0.310 e. The van der Waals surface area contributed by atoms with Gasteiger partial charge in [-0.3, -0.25) is 4.68 Å².